The van der Waals surface area contributed by atoms with Crippen LogP contribution in [0.25, 0.3) is 0 Å². The number of aryl methyl sites for hydroxylation is 1. The van der Waals surface area contributed by atoms with E-state index in [1.165, 1.54) is 27.9 Å². The number of methoxy groups -OCH3 is 1. The van der Waals surface area contributed by atoms with E-state index in [0.29, 0.717) is 18.3 Å². The number of ether oxygens (including phenoxy) is 2. The molecule has 0 bridgehead atoms. The van der Waals surface area contributed by atoms with Gasteiger partial charge in [-0.25, -0.2) is 0 Å². The monoisotopic (exact) mass is 516 g/mol. The lowest BCUT2D eigenvalue weighted by Gasteiger charge is -2.32. The number of rotatable bonds is 10. The molecule has 1 aliphatic rings. The van der Waals surface area contributed by atoms with Crippen LogP contribution < -0.4 is 14.4 Å². The number of phenols is 1. The minimum Gasteiger partial charge on any atom is -0.508 e. The quantitative estimate of drug-likeness (QED) is 0.321. The van der Waals surface area contributed by atoms with Gasteiger partial charge >= 0.3 is 0 Å². The van der Waals surface area contributed by atoms with Gasteiger partial charge in [-0.05, 0) is 113 Å². The Hall–Kier alpha value is -3.18. The summed E-state index contributed by atoms with van der Waals surface area (Å²) in [5, 5.41) is 9.90. The van der Waals surface area contributed by atoms with Crippen molar-refractivity contribution in [3.63, 3.8) is 0 Å². The molecule has 0 saturated carbocycles. The third kappa shape index (κ3) is 6.82. The molecule has 0 radical (unpaired) electrons. The molecule has 1 unspecified atom stereocenters. The second-order valence-electron chi connectivity index (χ2n) is 11.4. The number of fused-ring (bicyclic) bond motifs is 1. The Morgan fingerprint density at radius 3 is 2.37 bits per heavy atom. The highest BCUT2D eigenvalue weighted by Crippen LogP contribution is 2.40. The van der Waals surface area contributed by atoms with E-state index < -0.39 is 0 Å². The molecule has 0 spiro atoms. The Morgan fingerprint density at radius 1 is 0.947 bits per heavy atom. The number of hydrogen-bond acceptors (Lipinski definition) is 5. The van der Waals surface area contributed by atoms with Crippen molar-refractivity contribution < 1.29 is 14.6 Å². The van der Waals surface area contributed by atoms with Crippen LogP contribution in [0.4, 0.5) is 5.69 Å². The third-order valence-electron chi connectivity index (χ3n) is 7.96. The summed E-state index contributed by atoms with van der Waals surface area (Å²) in [6.07, 6.45) is 3.05. The average Bonchev–Trinajstić information content (AvgIpc) is 2.91. The molecule has 5 nitrogen and oxygen atoms in total. The molecular weight excluding hydrogens is 472 g/mol. The van der Waals surface area contributed by atoms with Gasteiger partial charge in [-0.2, -0.15) is 0 Å². The summed E-state index contributed by atoms with van der Waals surface area (Å²) in [4.78, 5) is 4.75. The Morgan fingerprint density at radius 2 is 1.68 bits per heavy atom. The third-order valence-corrected chi connectivity index (χ3v) is 7.96. The Labute approximate surface area is 229 Å². The largest absolute Gasteiger partial charge is 0.508 e. The van der Waals surface area contributed by atoms with Gasteiger partial charge < -0.3 is 19.5 Å². The van der Waals surface area contributed by atoms with E-state index in [4.69, 9.17) is 9.47 Å². The molecule has 0 heterocycles. The molecule has 1 N–H and O–H groups in total. The Kier molecular flexibility index (Phi) is 8.88. The van der Waals surface area contributed by atoms with Gasteiger partial charge in [0, 0.05) is 36.9 Å². The first-order valence-corrected chi connectivity index (χ1v) is 13.8. The lowest BCUT2D eigenvalue weighted by atomic mass is 9.79. The summed E-state index contributed by atoms with van der Waals surface area (Å²) in [5.74, 6) is 2.59. The van der Waals surface area contributed by atoms with Crippen molar-refractivity contribution in [3.8, 4) is 17.2 Å². The zero-order chi connectivity index (χ0) is 27.3. The van der Waals surface area contributed by atoms with Gasteiger partial charge in [0.15, 0.2) is 0 Å². The Bertz CT molecular complexity index is 1200. The van der Waals surface area contributed by atoms with Crippen LogP contribution in [0.1, 0.15) is 62.3 Å². The van der Waals surface area contributed by atoms with Gasteiger partial charge in [-0.15, -0.1) is 0 Å². The van der Waals surface area contributed by atoms with Crippen molar-refractivity contribution in [1.29, 1.82) is 0 Å². The number of phenolic OH excluding ortho intramolecular Hbond substituents is 1. The van der Waals surface area contributed by atoms with Crippen LogP contribution in [0.3, 0.4) is 0 Å². The van der Waals surface area contributed by atoms with Gasteiger partial charge in [0.05, 0.1) is 7.11 Å². The lowest BCUT2D eigenvalue weighted by Crippen LogP contribution is -2.40. The van der Waals surface area contributed by atoms with E-state index in [1.807, 2.05) is 12.1 Å². The van der Waals surface area contributed by atoms with E-state index >= 15 is 0 Å². The van der Waals surface area contributed by atoms with Crippen molar-refractivity contribution in [2.45, 2.75) is 65.0 Å². The molecule has 204 valence electrons. The van der Waals surface area contributed by atoms with Gasteiger partial charge in [0.25, 0.3) is 0 Å². The highest BCUT2D eigenvalue weighted by atomic mass is 16.5. The zero-order valence-corrected chi connectivity index (χ0v) is 24.0. The van der Waals surface area contributed by atoms with Crippen molar-refractivity contribution in [2.24, 2.45) is 0 Å². The molecule has 0 fully saturated rings. The molecular formula is C33H44N2O3. The highest BCUT2D eigenvalue weighted by Gasteiger charge is 2.25. The van der Waals surface area contributed by atoms with Crippen LogP contribution in [0.5, 0.6) is 17.2 Å². The lowest BCUT2D eigenvalue weighted by molar-refractivity contribution is 0.144. The second-order valence-corrected chi connectivity index (χ2v) is 11.4. The fraction of sp³-hybridized carbons (Fsp3) is 0.455. The van der Waals surface area contributed by atoms with Crippen LogP contribution in [0.2, 0.25) is 0 Å². The van der Waals surface area contributed by atoms with Crippen molar-refractivity contribution in [1.82, 2.24) is 4.90 Å². The molecule has 1 atom stereocenters. The van der Waals surface area contributed by atoms with Gasteiger partial charge in [0.1, 0.15) is 23.9 Å². The molecule has 1 aliphatic carbocycles. The van der Waals surface area contributed by atoms with Crippen LogP contribution in [-0.2, 0) is 19.4 Å². The standard InChI is InChI=1S/C33H44N2O3/c1-7-35(23-24-8-14-29(15-9-24)38-19-18-34(5)33(2,3)4)32-22-30(37-6)16-17-31(32)27-11-10-26-21-28(36)13-12-25(26)20-27/h8-9,12-17,21-22,27,36H,7,10-11,18-20,23H2,1-6H3. The van der Waals surface area contributed by atoms with Crippen molar-refractivity contribution in [3.05, 3.63) is 82.9 Å². The maximum Gasteiger partial charge on any atom is 0.120 e. The van der Waals surface area contributed by atoms with E-state index in [0.717, 1.165) is 50.4 Å². The first-order chi connectivity index (χ1) is 18.2. The first-order valence-electron chi connectivity index (χ1n) is 13.8. The molecule has 5 heteroatoms. The zero-order valence-electron chi connectivity index (χ0n) is 24.0. The molecule has 4 rings (SSSR count). The SMILES string of the molecule is CCN(Cc1ccc(OCCN(C)C(C)(C)C)cc1)c1cc(OC)ccc1C1CCc2cc(O)ccc2C1. The molecule has 0 saturated heterocycles. The van der Waals surface area contributed by atoms with Crippen LogP contribution in [-0.4, -0.2) is 49.4 Å². The molecule has 38 heavy (non-hydrogen) atoms. The number of likely N-dealkylation sites (N-methyl/N-ethyl adjacent to an activating group) is 1. The normalized spacial score (nSPS) is 15.3. The predicted octanol–water partition coefficient (Wildman–Crippen LogP) is 6.81. The predicted molar refractivity (Wildman–Crippen MR) is 157 cm³/mol. The van der Waals surface area contributed by atoms with Gasteiger partial charge in [-0.1, -0.05) is 24.3 Å². The molecule has 3 aromatic carbocycles. The van der Waals surface area contributed by atoms with E-state index in [-0.39, 0.29) is 5.54 Å². The number of aromatic hydroxyl groups is 1. The summed E-state index contributed by atoms with van der Waals surface area (Å²) in [7, 11) is 3.87. The molecule has 3 aromatic rings. The number of hydrogen-bond donors (Lipinski definition) is 1. The number of benzene rings is 3. The molecule has 0 amide bonds. The van der Waals surface area contributed by atoms with Crippen LogP contribution in [0.15, 0.2) is 60.7 Å². The van der Waals surface area contributed by atoms with E-state index in [1.54, 1.807) is 7.11 Å². The smallest absolute Gasteiger partial charge is 0.120 e. The van der Waals surface area contributed by atoms with E-state index in [2.05, 4.69) is 93.1 Å². The maximum absolute atomic E-state index is 9.90. The van der Waals surface area contributed by atoms with E-state index in [9.17, 15) is 5.11 Å². The summed E-state index contributed by atoms with van der Waals surface area (Å²) in [5.41, 5.74) is 6.62. The highest BCUT2D eigenvalue weighted by molar-refractivity contribution is 5.60. The van der Waals surface area contributed by atoms with Gasteiger partial charge in [0.2, 0.25) is 0 Å². The molecule has 0 aromatic heterocycles. The summed E-state index contributed by atoms with van der Waals surface area (Å²) in [6, 6.07) is 20.9. The van der Waals surface area contributed by atoms with Crippen LogP contribution >= 0.6 is 0 Å². The number of anilines is 1. The fourth-order valence-electron chi connectivity index (χ4n) is 5.19. The Balaban J connectivity index is 1.48. The fourth-order valence-corrected chi connectivity index (χ4v) is 5.19. The topological polar surface area (TPSA) is 45.2 Å². The maximum atomic E-state index is 9.90. The summed E-state index contributed by atoms with van der Waals surface area (Å²) >= 11 is 0. The van der Waals surface area contributed by atoms with Crippen molar-refractivity contribution in [2.75, 3.05) is 38.8 Å². The summed E-state index contributed by atoms with van der Waals surface area (Å²) < 4.78 is 11.6. The minimum atomic E-state index is 0.139. The second kappa shape index (κ2) is 12.1. The first kappa shape index (κ1) is 27.8. The van der Waals surface area contributed by atoms with Gasteiger partial charge in [-0.3, -0.25) is 4.90 Å². The van der Waals surface area contributed by atoms with Crippen molar-refractivity contribution >= 4 is 5.69 Å². The number of nitrogens with zero attached hydrogens (tertiary/aromatic N) is 2. The van der Waals surface area contributed by atoms with Crippen LogP contribution in [0, 0.1) is 0 Å². The summed E-state index contributed by atoms with van der Waals surface area (Å²) in [6.45, 7) is 12.1. The average molecular weight is 517 g/mol. The molecule has 0 aliphatic heterocycles. The minimum absolute atomic E-state index is 0.139.